The van der Waals surface area contributed by atoms with E-state index >= 15 is 0 Å². The van der Waals surface area contributed by atoms with Crippen LogP contribution in [0.1, 0.15) is 31.4 Å². The zero-order chi connectivity index (χ0) is 27.4. The molecule has 17 nitrogen and oxygen atoms in total. The lowest BCUT2D eigenvalue weighted by Gasteiger charge is -2.24. The summed E-state index contributed by atoms with van der Waals surface area (Å²) in [7, 11) is 0. The summed E-state index contributed by atoms with van der Waals surface area (Å²) in [6.45, 7) is 0. The van der Waals surface area contributed by atoms with Gasteiger partial charge < -0.3 is 47.7 Å². The minimum atomic E-state index is -1.84. The first-order valence-electron chi connectivity index (χ1n) is 10.4. The molecule has 0 aliphatic carbocycles. The highest BCUT2D eigenvalue weighted by Gasteiger charge is 2.32. The van der Waals surface area contributed by atoms with Crippen LogP contribution in [0, 0.1) is 0 Å². The number of amides is 4. The third-order valence-electron chi connectivity index (χ3n) is 4.64. The van der Waals surface area contributed by atoms with Crippen molar-refractivity contribution in [1.82, 2.24) is 25.9 Å². The number of rotatable bonds is 16. The molecule has 1 heterocycles. The van der Waals surface area contributed by atoms with Gasteiger partial charge in [0.05, 0.1) is 25.2 Å². The molecule has 0 fully saturated rings. The number of imidazole rings is 1. The molecule has 1 aromatic heterocycles. The fourth-order valence-corrected chi connectivity index (χ4v) is 2.87. The summed E-state index contributed by atoms with van der Waals surface area (Å²) in [5.41, 5.74) is 11.4. The maximum atomic E-state index is 12.7. The van der Waals surface area contributed by atoms with Crippen molar-refractivity contribution in [2.45, 2.75) is 56.3 Å². The van der Waals surface area contributed by atoms with E-state index in [0.717, 1.165) is 0 Å². The number of primary amides is 1. The molecule has 0 radical (unpaired) electrons. The minimum Gasteiger partial charge on any atom is -0.481 e. The summed E-state index contributed by atoms with van der Waals surface area (Å²) in [6, 6.07) is -6.36. The average molecular weight is 513 g/mol. The second-order valence-electron chi connectivity index (χ2n) is 7.61. The van der Waals surface area contributed by atoms with Crippen LogP contribution in [0.2, 0.25) is 0 Å². The van der Waals surface area contributed by atoms with Crippen molar-refractivity contribution in [2.75, 3.05) is 0 Å². The smallest absolute Gasteiger partial charge is 0.326 e. The van der Waals surface area contributed by atoms with Crippen molar-refractivity contribution in [1.29, 1.82) is 0 Å². The summed E-state index contributed by atoms with van der Waals surface area (Å²) in [4.78, 5) is 88.8. The summed E-state index contributed by atoms with van der Waals surface area (Å²) in [5, 5.41) is 33.2. The van der Waals surface area contributed by atoms with E-state index in [1.54, 1.807) is 0 Å². The molecule has 4 unspecified atom stereocenters. The van der Waals surface area contributed by atoms with Gasteiger partial charge in [-0.1, -0.05) is 0 Å². The van der Waals surface area contributed by atoms with Crippen molar-refractivity contribution < 1.29 is 48.9 Å². The molecule has 0 aromatic carbocycles. The Kier molecular flexibility index (Phi) is 11.5. The molecule has 0 aliphatic heterocycles. The van der Waals surface area contributed by atoms with Gasteiger partial charge in [-0.15, -0.1) is 0 Å². The van der Waals surface area contributed by atoms with Gasteiger partial charge in [0.2, 0.25) is 23.6 Å². The van der Waals surface area contributed by atoms with Crippen LogP contribution >= 0.6 is 0 Å². The number of aliphatic carboxylic acids is 3. The number of nitrogens with zero attached hydrogens (tertiary/aromatic N) is 1. The summed E-state index contributed by atoms with van der Waals surface area (Å²) >= 11 is 0. The number of carboxylic acid groups (broad SMARTS) is 3. The number of H-pyrrole nitrogens is 1. The number of aromatic amines is 1. The van der Waals surface area contributed by atoms with E-state index in [4.69, 9.17) is 21.7 Å². The second-order valence-corrected chi connectivity index (χ2v) is 7.61. The van der Waals surface area contributed by atoms with Gasteiger partial charge in [0.15, 0.2) is 0 Å². The van der Waals surface area contributed by atoms with Gasteiger partial charge in [-0.2, -0.15) is 0 Å². The number of carbonyl (C=O) groups excluding carboxylic acids is 4. The van der Waals surface area contributed by atoms with Crippen molar-refractivity contribution in [3.63, 3.8) is 0 Å². The van der Waals surface area contributed by atoms with Gasteiger partial charge in [-0.25, -0.2) is 9.78 Å². The molecule has 0 aliphatic rings. The second kappa shape index (κ2) is 14.0. The highest BCUT2D eigenvalue weighted by Crippen LogP contribution is 2.04. The van der Waals surface area contributed by atoms with Crippen LogP contribution in [-0.2, 0) is 40.0 Å². The molecule has 0 saturated carbocycles. The Hall–Kier alpha value is -4.54. The summed E-state index contributed by atoms with van der Waals surface area (Å²) in [5.74, 6) is -8.78. The Bertz CT molecular complexity index is 981. The van der Waals surface area contributed by atoms with E-state index < -0.39 is 91.4 Å². The zero-order valence-electron chi connectivity index (χ0n) is 18.8. The van der Waals surface area contributed by atoms with Gasteiger partial charge in [0.25, 0.3) is 0 Å². The molecule has 0 saturated heterocycles. The number of nitrogens with two attached hydrogens (primary N) is 2. The van der Waals surface area contributed by atoms with Crippen molar-refractivity contribution in [2.24, 2.45) is 11.5 Å². The number of carboxylic acids is 3. The highest BCUT2D eigenvalue weighted by atomic mass is 16.4. The first-order chi connectivity index (χ1) is 16.8. The third kappa shape index (κ3) is 10.6. The molecule has 36 heavy (non-hydrogen) atoms. The first-order valence-corrected chi connectivity index (χ1v) is 10.4. The monoisotopic (exact) mass is 513 g/mol. The van der Waals surface area contributed by atoms with Gasteiger partial charge >= 0.3 is 17.9 Å². The average Bonchev–Trinajstić information content (AvgIpc) is 3.27. The lowest BCUT2D eigenvalue weighted by molar-refractivity contribution is -0.144. The number of nitrogens with one attached hydrogen (secondary N) is 4. The molecule has 0 bridgehead atoms. The van der Waals surface area contributed by atoms with Crippen LogP contribution in [0.3, 0.4) is 0 Å². The van der Waals surface area contributed by atoms with E-state index in [2.05, 4.69) is 15.3 Å². The molecule has 0 spiro atoms. The van der Waals surface area contributed by atoms with E-state index in [0.29, 0.717) is 5.69 Å². The maximum Gasteiger partial charge on any atom is 0.326 e. The molecular weight excluding hydrogens is 486 g/mol. The number of hydrogen-bond donors (Lipinski definition) is 9. The Morgan fingerprint density at radius 3 is 1.89 bits per heavy atom. The number of hydrogen-bond acceptors (Lipinski definition) is 9. The van der Waals surface area contributed by atoms with Gasteiger partial charge in [-0.3, -0.25) is 28.8 Å². The van der Waals surface area contributed by atoms with Crippen LogP contribution in [0.4, 0.5) is 0 Å². The lowest BCUT2D eigenvalue weighted by atomic mass is 10.1. The van der Waals surface area contributed by atoms with Crippen LogP contribution < -0.4 is 27.4 Å². The molecule has 1 aromatic rings. The minimum absolute atomic E-state index is 0.00624. The van der Waals surface area contributed by atoms with Crippen molar-refractivity contribution >= 4 is 41.5 Å². The van der Waals surface area contributed by atoms with Crippen molar-refractivity contribution in [3.05, 3.63) is 18.2 Å². The molecule has 4 atom stereocenters. The molecular formula is C19H27N7O10. The number of aromatic nitrogens is 2. The topological polar surface area (TPSA) is 297 Å². The Morgan fingerprint density at radius 1 is 0.861 bits per heavy atom. The summed E-state index contributed by atoms with van der Waals surface area (Å²) < 4.78 is 0. The number of carbonyl (C=O) groups is 7. The Morgan fingerprint density at radius 2 is 1.42 bits per heavy atom. The molecule has 1 rings (SSSR count). The maximum absolute atomic E-state index is 12.7. The predicted molar refractivity (Wildman–Crippen MR) is 117 cm³/mol. The first kappa shape index (κ1) is 29.5. The van der Waals surface area contributed by atoms with E-state index in [-0.39, 0.29) is 6.42 Å². The van der Waals surface area contributed by atoms with Gasteiger partial charge in [0, 0.05) is 24.7 Å². The van der Waals surface area contributed by atoms with Crippen LogP contribution in [0.15, 0.2) is 12.5 Å². The van der Waals surface area contributed by atoms with Crippen molar-refractivity contribution in [3.8, 4) is 0 Å². The molecule has 17 heteroatoms. The zero-order valence-corrected chi connectivity index (χ0v) is 18.8. The fraction of sp³-hybridized carbons (Fsp3) is 0.474. The quantitative estimate of drug-likeness (QED) is 0.102. The van der Waals surface area contributed by atoms with E-state index in [9.17, 15) is 38.7 Å². The Balaban J connectivity index is 2.96. The van der Waals surface area contributed by atoms with Crippen LogP contribution in [-0.4, -0.2) is 91.0 Å². The normalized spacial score (nSPS) is 13.9. The highest BCUT2D eigenvalue weighted by molar-refractivity contribution is 5.97. The van der Waals surface area contributed by atoms with Crippen LogP contribution in [0.25, 0.3) is 0 Å². The summed E-state index contributed by atoms with van der Waals surface area (Å²) in [6.07, 6.45) is -0.0963. The SMILES string of the molecule is NC(=O)CC(NC(=O)C(N)Cc1cnc[nH]1)C(=O)NC(CC(=O)O)C(=O)NC(CCC(=O)O)C(=O)O. The lowest BCUT2D eigenvalue weighted by Crippen LogP contribution is -2.58. The van der Waals surface area contributed by atoms with E-state index in [1.807, 2.05) is 10.6 Å². The molecule has 198 valence electrons. The van der Waals surface area contributed by atoms with E-state index in [1.165, 1.54) is 12.5 Å². The fourth-order valence-electron chi connectivity index (χ4n) is 2.87. The Labute approximate surface area is 203 Å². The van der Waals surface area contributed by atoms with Gasteiger partial charge in [-0.05, 0) is 6.42 Å². The molecule has 4 amide bonds. The standard InChI is InChI=1S/C19H27N7O10/c20-9(3-8-6-22-7-23-8)16(32)25-11(4-13(21)27)17(33)26-12(5-15(30)31)18(34)24-10(19(35)36)1-2-14(28)29/h6-7,9-12H,1-5,20H2,(H2,21,27)(H,22,23)(H,24,34)(H,25,32)(H,26,33)(H,28,29)(H,30,31)(H,35,36). The molecule has 11 N–H and O–H groups in total. The van der Waals surface area contributed by atoms with Crippen LogP contribution in [0.5, 0.6) is 0 Å². The third-order valence-corrected chi connectivity index (χ3v) is 4.64. The van der Waals surface area contributed by atoms with Gasteiger partial charge in [0.1, 0.15) is 18.1 Å². The predicted octanol–water partition coefficient (Wildman–Crippen LogP) is -3.97. The largest absolute Gasteiger partial charge is 0.481 e.